The molecule has 1 rings (SSSR count). The zero-order valence-electron chi connectivity index (χ0n) is 9.22. The summed E-state index contributed by atoms with van der Waals surface area (Å²) in [6.07, 6.45) is 2.75. The minimum atomic E-state index is 0.146. The molecule has 3 nitrogen and oxygen atoms in total. The van der Waals surface area contributed by atoms with E-state index in [4.69, 9.17) is 0 Å². The van der Waals surface area contributed by atoms with Gasteiger partial charge in [0.05, 0.1) is 0 Å². The number of hydrogen-bond acceptors (Lipinski definition) is 3. The highest BCUT2D eigenvalue weighted by Crippen LogP contribution is 2.19. The number of hydrogen-bond donors (Lipinski definition) is 2. The molecule has 1 amide bonds. The van der Waals surface area contributed by atoms with Crippen LogP contribution < -0.4 is 10.6 Å². The predicted molar refractivity (Wildman–Crippen MR) is 61.6 cm³/mol. The van der Waals surface area contributed by atoms with Gasteiger partial charge >= 0.3 is 0 Å². The first-order valence-corrected chi connectivity index (χ1v) is 6.28. The molecule has 82 valence electrons. The van der Waals surface area contributed by atoms with Gasteiger partial charge < -0.3 is 10.6 Å². The average molecular weight is 216 g/mol. The van der Waals surface area contributed by atoms with Crippen molar-refractivity contribution in [3.05, 3.63) is 0 Å². The van der Waals surface area contributed by atoms with Crippen LogP contribution in [0.15, 0.2) is 0 Å². The quantitative estimate of drug-likeness (QED) is 0.716. The molecular weight excluding hydrogens is 196 g/mol. The molecule has 0 aliphatic carbocycles. The van der Waals surface area contributed by atoms with Crippen molar-refractivity contribution in [2.75, 3.05) is 25.9 Å². The number of thioether (sulfide) groups is 1. The van der Waals surface area contributed by atoms with Gasteiger partial charge in [-0.15, -0.1) is 0 Å². The third-order valence-corrected chi connectivity index (χ3v) is 3.85. The lowest BCUT2D eigenvalue weighted by molar-refractivity contribution is -0.122. The Bertz CT molecular complexity index is 202. The van der Waals surface area contributed by atoms with Crippen molar-refractivity contribution in [1.82, 2.24) is 10.6 Å². The molecule has 0 atom stereocenters. The second-order valence-electron chi connectivity index (χ2n) is 4.47. The van der Waals surface area contributed by atoms with E-state index in [0.717, 1.165) is 19.6 Å². The lowest BCUT2D eigenvalue weighted by Gasteiger charge is -2.27. The van der Waals surface area contributed by atoms with Crippen LogP contribution in [0.2, 0.25) is 0 Å². The monoisotopic (exact) mass is 216 g/mol. The van der Waals surface area contributed by atoms with Crippen molar-refractivity contribution in [3.8, 4) is 0 Å². The number of carbonyl (C=O) groups is 1. The fourth-order valence-corrected chi connectivity index (χ4v) is 1.43. The Labute approximate surface area is 90.4 Å². The molecule has 4 heteroatoms. The van der Waals surface area contributed by atoms with Crippen LogP contribution in [0.1, 0.15) is 20.3 Å². The first kappa shape index (κ1) is 11.9. The summed E-state index contributed by atoms with van der Waals surface area (Å²) >= 11 is 1.78. The maximum Gasteiger partial charge on any atom is 0.220 e. The minimum absolute atomic E-state index is 0.146. The van der Waals surface area contributed by atoms with Crippen molar-refractivity contribution in [2.45, 2.75) is 25.0 Å². The van der Waals surface area contributed by atoms with E-state index in [1.54, 1.807) is 11.8 Å². The van der Waals surface area contributed by atoms with Gasteiger partial charge in [-0.25, -0.2) is 0 Å². The van der Waals surface area contributed by atoms with Gasteiger partial charge in [0, 0.05) is 17.7 Å². The van der Waals surface area contributed by atoms with Gasteiger partial charge in [-0.2, -0.15) is 11.8 Å². The van der Waals surface area contributed by atoms with Crippen molar-refractivity contribution in [2.24, 2.45) is 5.92 Å². The van der Waals surface area contributed by atoms with E-state index in [-0.39, 0.29) is 10.7 Å². The molecule has 1 heterocycles. The fourth-order valence-electron chi connectivity index (χ4n) is 1.21. The standard InChI is InChI=1S/C10H20N2OS/c1-10(2,14-3)7-12-9(13)4-8-5-11-6-8/h8,11H,4-7H2,1-3H3,(H,12,13). The van der Waals surface area contributed by atoms with Crippen LogP contribution in [0.25, 0.3) is 0 Å². The summed E-state index contributed by atoms with van der Waals surface area (Å²) in [5.74, 6) is 0.756. The predicted octanol–water partition coefficient (Wildman–Crippen LogP) is 0.854. The highest BCUT2D eigenvalue weighted by Gasteiger charge is 2.22. The number of carbonyl (C=O) groups excluding carboxylic acids is 1. The van der Waals surface area contributed by atoms with Gasteiger partial charge in [-0.1, -0.05) is 0 Å². The van der Waals surface area contributed by atoms with E-state index in [1.807, 2.05) is 0 Å². The molecular formula is C10H20N2OS. The number of amides is 1. The summed E-state index contributed by atoms with van der Waals surface area (Å²) < 4.78 is 0.146. The van der Waals surface area contributed by atoms with E-state index < -0.39 is 0 Å². The molecule has 0 aromatic heterocycles. The van der Waals surface area contributed by atoms with Crippen LogP contribution in [-0.4, -0.2) is 36.5 Å². The molecule has 1 aliphatic rings. The first-order chi connectivity index (χ1) is 6.53. The van der Waals surface area contributed by atoms with Crippen LogP contribution in [-0.2, 0) is 4.79 Å². The summed E-state index contributed by atoms with van der Waals surface area (Å²) in [7, 11) is 0. The van der Waals surface area contributed by atoms with Gasteiger partial charge in [0.2, 0.25) is 5.91 Å². The Morgan fingerprint density at radius 1 is 1.57 bits per heavy atom. The highest BCUT2D eigenvalue weighted by atomic mass is 32.2. The SMILES string of the molecule is CSC(C)(C)CNC(=O)CC1CNC1. The molecule has 2 N–H and O–H groups in total. The topological polar surface area (TPSA) is 41.1 Å². The molecule has 0 saturated carbocycles. The first-order valence-electron chi connectivity index (χ1n) is 5.06. The molecule has 14 heavy (non-hydrogen) atoms. The van der Waals surface area contributed by atoms with Gasteiger partial charge in [0.1, 0.15) is 0 Å². The number of nitrogens with one attached hydrogen (secondary N) is 2. The highest BCUT2D eigenvalue weighted by molar-refractivity contribution is 7.99. The Balaban J connectivity index is 2.13. The summed E-state index contributed by atoms with van der Waals surface area (Å²) in [5.41, 5.74) is 0. The fraction of sp³-hybridized carbons (Fsp3) is 0.900. The summed E-state index contributed by atoms with van der Waals surface area (Å²) in [4.78, 5) is 11.5. The van der Waals surface area contributed by atoms with Gasteiger partial charge in [0.15, 0.2) is 0 Å². The zero-order valence-corrected chi connectivity index (χ0v) is 10.0. The average Bonchev–Trinajstić information content (AvgIpc) is 2.08. The van der Waals surface area contributed by atoms with Crippen LogP contribution in [0.5, 0.6) is 0 Å². The molecule has 0 aromatic rings. The lowest BCUT2D eigenvalue weighted by Crippen LogP contribution is -2.45. The van der Waals surface area contributed by atoms with E-state index in [0.29, 0.717) is 12.3 Å². The maximum absolute atomic E-state index is 11.5. The van der Waals surface area contributed by atoms with E-state index in [2.05, 4.69) is 30.7 Å². The molecule has 0 unspecified atom stereocenters. The third-order valence-electron chi connectivity index (χ3n) is 2.60. The van der Waals surface area contributed by atoms with Crippen LogP contribution >= 0.6 is 11.8 Å². The third kappa shape index (κ3) is 3.88. The summed E-state index contributed by atoms with van der Waals surface area (Å²) in [6, 6.07) is 0. The normalized spacial score (nSPS) is 17.6. The second-order valence-corrected chi connectivity index (χ2v) is 5.98. The number of rotatable bonds is 5. The smallest absolute Gasteiger partial charge is 0.220 e. The molecule has 1 saturated heterocycles. The lowest BCUT2D eigenvalue weighted by atomic mass is 9.99. The Morgan fingerprint density at radius 2 is 2.21 bits per heavy atom. The largest absolute Gasteiger partial charge is 0.355 e. The summed E-state index contributed by atoms with van der Waals surface area (Å²) in [6.45, 7) is 7.04. The van der Waals surface area contributed by atoms with Crippen LogP contribution in [0.4, 0.5) is 0 Å². The van der Waals surface area contributed by atoms with Crippen LogP contribution in [0.3, 0.4) is 0 Å². The van der Waals surface area contributed by atoms with E-state index >= 15 is 0 Å². The van der Waals surface area contributed by atoms with Crippen molar-refractivity contribution < 1.29 is 4.79 Å². The molecule has 0 bridgehead atoms. The maximum atomic E-state index is 11.5. The molecule has 1 fully saturated rings. The van der Waals surface area contributed by atoms with Crippen molar-refractivity contribution in [3.63, 3.8) is 0 Å². The van der Waals surface area contributed by atoms with Gasteiger partial charge in [-0.05, 0) is 39.1 Å². The van der Waals surface area contributed by atoms with Crippen LogP contribution in [0, 0.1) is 5.92 Å². The molecule has 1 aliphatic heterocycles. The van der Waals surface area contributed by atoms with E-state index in [1.165, 1.54) is 0 Å². The molecule has 0 radical (unpaired) electrons. The van der Waals surface area contributed by atoms with Gasteiger partial charge in [0.25, 0.3) is 0 Å². The second kappa shape index (κ2) is 5.03. The van der Waals surface area contributed by atoms with Crippen molar-refractivity contribution >= 4 is 17.7 Å². The molecule has 0 spiro atoms. The Morgan fingerprint density at radius 3 is 2.64 bits per heavy atom. The Kier molecular flexibility index (Phi) is 4.26. The minimum Gasteiger partial charge on any atom is -0.355 e. The Hall–Kier alpha value is -0.220. The zero-order chi connectivity index (χ0) is 10.6. The van der Waals surface area contributed by atoms with Crippen molar-refractivity contribution in [1.29, 1.82) is 0 Å². The van der Waals surface area contributed by atoms with E-state index in [9.17, 15) is 4.79 Å². The van der Waals surface area contributed by atoms with Gasteiger partial charge in [-0.3, -0.25) is 4.79 Å². The molecule has 0 aromatic carbocycles. The summed E-state index contributed by atoms with van der Waals surface area (Å²) in [5, 5.41) is 6.15.